The van der Waals surface area contributed by atoms with E-state index in [1.165, 1.54) is 12.0 Å². The SMILES string of the molecule is CCNc1cc(NC2CC2c2ccccc2)nc(SC)n1. The Balaban J connectivity index is 1.70. The fourth-order valence-electron chi connectivity index (χ4n) is 2.48. The highest BCUT2D eigenvalue weighted by Gasteiger charge is 2.38. The zero-order valence-electron chi connectivity index (χ0n) is 12.3. The Morgan fingerprint density at radius 1 is 1.19 bits per heavy atom. The third-order valence-corrected chi connectivity index (χ3v) is 4.15. The fraction of sp³-hybridized carbons (Fsp3) is 0.375. The Bertz CT molecular complexity index is 602. The second kappa shape index (κ2) is 6.35. The van der Waals surface area contributed by atoms with Crippen LogP contribution in [0.5, 0.6) is 0 Å². The molecule has 5 heteroatoms. The average molecular weight is 300 g/mol. The normalized spacial score (nSPS) is 20.1. The van der Waals surface area contributed by atoms with Gasteiger partial charge < -0.3 is 10.6 Å². The number of anilines is 2. The summed E-state index contributed by atoms with van der Waals surface area (Å²) in [5, 5.41) is 7.59. The number of benzene rings is 1. The number of hydrogen-bond acceptors (Lipinski definition) is 5. The summed E-state index contributed by atoms with van der Waals surface area (Å²) in [4.78, 5) is 8.99. The smallest absolute Gasteiger partial charge is 0.191 e. The molecule has 21 heavy (non-hydrogen) atoms. The van der Waals surface area contributed by atoms with E-state index in [2.05, 4.69) is 57.9 Å². The molecule has 1 saturated carbocycles. The molecule has 1 heterocycles. The summed E-state index contributed by atoms with van der Waals surface area (Å²) in [6.45, 7) is 2.93. The van der Waals surface area contributed by atoms with E-state index in [0.29, 0.717) is 12.0 Å². The molecule has 0 aliphatic heterocycles. The van der Waals surface area contributed by atoms with Gasteiger partial charge in [0.05, 0.1) is 0 Å². The molecular weight excluding hydrogens is 280 g/mol. The van der Waals surface area contributed by atoms with Crippen LogP contribution in [0, 0.1) is 0 Å². The predicted octanol–water partition coefficient (Wildman–Crippen LogP) is 3.60. The Morgan fingerprint density at radius 3 is 2.67 bits per heavy atom. The Labute approximate surface area is 129 Å². The standard InChI is InChI=1S/C16H20N4S/c1-3-17-14-10-15(20-16(19-14)21-2)18-13-9-12(13)11-7-5-4-6-8-11/h4-8,10,12-13H,3,9H2,1-2H3,(H2,17,18,19,20). The van der Waals surface area contributed by atoms with Gasteiger partial charge in [-0.3, -0.25) is 0 Å². The lowest BCUT2D eigenvalue weighted by molar-refractivity contribution is 0.941. The molecule has 1 aliphatic carbocycles. The first kappa shape index (κ1) is 14.2. The van der Waals surface area contributed by atoms with E-state index in [-0.39, 0.29) is 0 Å². The lowest BCUT2D eigenvalue weighted by Gasteiger charge is -2.09. The first-order valence-corrected chi connectivity index (χ1v) is 8.51. The van der Waals surface area contributed by atoms with Crippen LogP contribution < -0.4 is 10.6 Å². The third kappa shape index (κ3) is 3.47. The average Bonchev–Trinajstić information content (AvgIpc) is 3.27. The number of nitrogens with one attached hydrogen (secondary N) is 2. The van der Waals surface area contributed by atoms with Crippen molar-refractivity contribution in [2.45, 2.75) is 30.5 Å². The molecular formula is C16H20N4S. The van der Waals surface area contributed by atoms with Gasteiger partial charge in [-0.2, -0.15) is 0 Å². The second-order valence-electron chi connectivity index (χ2n) is 5.16. The highest BCUT2D eigenvalue weighted by Crippen LogP contribution is 2.42. The molecule has 0 bridgehead atoms. The molecule has 1 fully saturated rings. The molecule has 2 unspecified atom stereocenters. The summed E-state index contributed by atoms with van der Waals surface area (Å²) in [5.74, 6) is 2.39. The van der Waals surface area contributed by atoms with Crippen molar-refractivity contribution in [2.24, 2.45) is 0 Å². The van der Waals surface area contributed by atoms with Gasteiger partial charge in [0.2, 0.25) is 0 Å². The molecule has 1 aliphatic rings. The van der Waals surface area contributed by atoms with Crippen molar-refractivity contribution in [2.75, 3.05) is 23.4 Å². The molecule has 1 aromatic heterocycles. The number of nitrogens with zero attached hydrogens (tertiary/aromatic N) is 2. The van der Waals surface area contributed by atoms with Gasteiger partial charge in [-0.15, -0.1) is 0 Å². The van der Waals surface area contributed by atoms with E-state index in [0.717, 1.165) is 23.3 Å². The molecule has 2 aromatic rings. The maximum Gasteiger partial charge on any atom is 0.191 e. The zero-order valence-corrected chi connectivity index (χ0v) is 13.2. The molecule has 0 spiro atoms. The number of aromatic nitrogens is 2. The monoisotopic (exact) mass is 300 g/mol. The van der Waals surface area contributed by atoms with Gasteiger partial charge in [-0.1, -0.05) is 42.1 Å². The molecule has 2 atom stereocenters. The summed E-state index contributed by atoms with van der Waals surface area (Å²) in [5.41, 5.74) is 1.40. The van der Waals surface area contributed by atoms with Gasteiger partial charge in [-0.25, -0.2) is 9.97 Å². The highest BCUT2D eigenvalue weighted by atomic mass is 32.2. The van der Waals surface area contributed by atoms with Gasteiger partial charge in [0.15, 0.2) is 5.16 Å². The minimum Gasteiger partial charge on any atom is -0.370 e. The molecule has 3 rings (SSSR count). The van der Waals surface area contributed by atoms with Gasteiger partial charge in [0.25, 0.3) is 0 Å². The van der Waals surface area contributed by atoms with E-state index in [9.17, 15) is 0 Å². The maximum atomic E-state index is 4.54. The van der Waals surface area contributed by atoms with Crippen molar-refractivity contribution in [3.8, 4) is 0 Å². The Morgan fingerprint density at radius 2 is 1.95 bits per heavy atom. The van der Waals surface area contributed by atoms with Crippen molar-refractivity contribution >= 4 is 23.4 Å². The van der Waals surface area contributed by atoms with Crippen LogP contribution in [-0.2, 0) is 0 Å². The van der Waals surface area contributed by atoms with Gasteiger partial charge in [0, 0.05) is 24.6 Å². The van der Waals surface area contributed by atoms with Crippen LogP contribution in [0.15, 0.2) is 41.6 Å². The van der Waals surface area contributed by atoms with E-state index in [4.69, 9.17) is 0 Å². The highest BCUT2D eigenvalue weighted by molar-refractivity contribution is 7.98. The summed E-state index contributed by atoms with van der Waals surface area (Å²) in [7, 11) is 0. The van der Waals surface area contributed by atoms with Crippen molar-refractivity contribution in [3.05, 3.63) is 42.0 Å². The minimum absolute atomic E-state index is 0.478. The van der Waals surface area contributed by atoms with E-state index in [1.54, 1.807) is 11.8 Å². The quantitative estimate of drug-likeness (QED) is 0.630. The lowest BCUT2D eigenvalue weighted by atomic mass is 10.1. The minimum atomic E-state index is 0.478. The number of rotatable bonds is 6. The van der Waals surface area contributed by atoms with Gasteiger partial charge >= 0.3 is 0 Å². The molecule has 0 saturated heterocycles. The molecule has 2 N–H and O–H groups in total. The van der Waals surface area contributed by atoms with Crippen molar-refractivity contribution in [1.29, 1.82) is 0 Å². The third-order valence-electron chi connectivity index (χ3n) is 3.60. The largest absolute Gasteiger partial charge is 0.370 e. The van der Waals surface area contributed by atoms with Crippen molar-refractivity contribution in [3.63, 3.8) is 0 Å². The van der Waals surface area contributed by atoms with E-state index in [1.807, 2.05) is 12.3 Å². The van der Waals surface area contributed by atoms with Crippen LogP contribution in [0.2, 0.25) is 0 Å². The van der Waals surface area contributed by atoms with Crippen LogP contribution in [0.1, 0.15) is 24.8 Å². The summed E-state index contributed by atoms with van der Waals surface area (Å²) in [6.07, 6.45) is 3.16. The van der Waals surface area contributed by atoms with Crippen LogP contribution in [0.4, 0.5) is 11.6 Å². The van der Waals surface area contributed by atoms with Gasteiger partial charge in [-0.05, 0) is 25.2 Å². The van der Waals surface area contributed by atoms with Gasteiger partial charge in [0.1, 0.15) is 11.6 Å². The molecule has 110 valence electrons. The maximum absolute atomic E-state index is 4.54. The van der Waals surface area contributed by atoms with Crippen LogP contribution in [-0.4, -0.2) is 28.8 Å². The number of hydrogen-bond donors (Lipinski definition) is 2. The van der Waals surface area contributed by atoms with Crippen molar-refractivity contribution in [1.82, 2.24) is 9.97 Å². The predicted molar refractivity (Wildman–Crippen MR) is 89.2 cm³/mol. The summed E-state index contributed by atoms with van der Waals surface area (Å²) in [6, 6.07) is 13.1. The zero-order chi connectivity index (χ0) is 14.7. The van der Waals surface area contributed by atoms with Crippen LogP contribution in [0.3, 0.4) is 0 Å². The first-order valence-electron chi connectivity index (χ1n) is 7.28. The second-order valence-corrected chi connectivity index (χ2v) is 5.93. The first-order chi connectivity index (χ1) is 10.3. The fourth-order valence-corrected chi connectivity index (χ4v) is 2.85. The van der Waals surface area contributed by atoms with Crippen molar-refractivity contribution < 1.29 is 0 Å². The molecule has 0 radical (unpaired) electrons. The number of thioether (sulfide) groups is 1. The molecule has 0 amide bonds. The molecule has 4 nitrogen and oxygen atoms in total. The lowest BCUT2D eigenvalue weighted by Crippen LogP contribution is -2.09. The Hall–Kier alpha value is -1.75. The molecule has 1 aromatic carbocycles. The van der Waals surface area contributed by atoms with Crippen LogP contribution >= 0.6 is 11.8 Å². The Kier molecular flexibility index (Phi) is 4.29. The summed E-state index contributed by atoms with van der Waals surface area (Å²) < 4.78 is 0. The summed E-state index contributed by atoms with van der Waals surface area (Å²) >= 11 is 1.57. The van der Waals surface area contributed by atoms with Crippen LogP contribution in [0.25, 0.3) is 0 Å². The van der Waals surface area contributed by atoms with E-state index >= 15 is 0 Å². The topological polar surface area (TPSA) is 49.8 Å². The van der Waals surface area contributed by atoms with E-state index < -0.39 is 0 Å².